The number of hydrogen-bond acceptors (Lipinski definition) is 3. The molecule has 1 aliphatic heterocycles. The van der Waals surface area contributed by atoms with E-state index in [0.717, 1.165) is 12.8 Å². The van der Waals surface area contributed by atoms with Gasteiger partial charge in [0.2, 0.25) is 5.91 Å². The van der Waals surface area contributed by atoms with Gasteiger partial charge < -0.3 is 15.2 Å². The Morgan fingerprint density at radius 3 is 2.88 bits per heavy atom. The Morgan fingerprint density at radius 1 is 1.56 bits per heavy atom. The van der Waals surface area contributed by atoms with Crippen LogP contribution in [0, 0.1) is 0 Å². The summed E-state index contributed by atoms with van der Waals surface area (Å²) in [6, 6.07) is 0.0102. The van der Waals surface area contributed by atoms with Crippen molar-refractivity contribution in [2.75, 3.05) is 6.61 Å². The number of ether oxygens (including phenoxy) is 1. The van der Waals surface area contributed by atoms with E-state index in [9.17, 15) is 9.59 Å². The van der Waals surface area contributed by atoms with E-state index in [2.05, 4.69) is 5.32 Å². The van der Waals surface area contributed by atoms with Gasteiger partial charge >= 0.3 is 5.97 Å². The zero-order valence-corrected chi connectivity index (χ0v) is 9.57. The van der Waals surface area contributed by atoms with Gasteiger partial charge in [0.1, 0.15) is 6.10 Å². The third-order valence-electron chi connectivity index (χ3n) is 2.64. The van der Waals surface area contributed by atoms with E-state index in [-0.39, 0.29) is 24.5 Å². The van der Waals surface area contributed by atoms with Crippen molar-refractivity contribution in [2.45, 2.75) is 51.2 Å². The maximum Gasteiger partial charge on any atom is 0.303 e. The lowest BCUT2D eigenvalue weighted by atomic mass is 10.1. The van der Waals surface area contributed by atoms with Crippen molar-refractivity contribution in [3.63, 3.8) is 0 Å². The number of carbonyl (C=O) groups excluding carboxylic acids is 1. The number of amides is 1. The van der Waals surface area contributed by atoms with Gasteiger partial charge in [-0.1, -0.05) is 0 Å². The Kier molecular flexibility index (Phi) is 5.25. The maximum absolute atomic E-state index is 11.6. The van der Waals surface area contributed by atoms with Gasteiger partial charge in [0.05, 0.1) is 0 Å². The molecule has 0 aromatic rings. The summed E-state index contributed by atoms with van der Waals surface area (Å²) in [6.07, 6.45) is 2.84. The smallest absolute Gasteiger partial charge is 0.303 e. The molecule has 5 nitrogen and oxygen atoms in total. The second kappa shape index (κ2) is 6.48. The lowest BCUT2D eigenvalue weighted by Crippen LogP contribution is -2.39. The summed E-state index contributed by atoms with van der Waals surface area (Å²) in [5.41, 5.74) is 0. The van der Waals surface area contributed by atoms with Crippen molar-refractivity contribution < 1.29 is 19.4 Å². The summed E-state index contributed by atoms with van der Waals surface area (Å²) in [5.74, 6) is -0.863. The Bertz CT molecular complexity index is 248. The lowest BCUT2D eigenvalue weighted by molar-refractivity contribution is -0.137. The minimum Gasteiger partial charge on any atom is -0.481 e. The molecular weight excluding hydrogens is 210 g/mol. The van der Waals surface area contributed by atoms with E-state index in [0.29, 0.717) is 19.4 Å². The largest absolute Gasteiger partial charge is 0.481 e. The zero-order valence-electron chi connectivity index (χ0n) is 9.57. The Labute approximate surface area is 95.2 Å². The van der Waals surface area contributed by atoms with E-state index < -0.39 is 5.97 Å². The molecule has 16 heavy (non-hydrogen) atoms. The van der Waals surface area contributed by atoms with Gasteiger partial charge in [-0.05, 0) is 32.6 Å². The first-order valence-corrected chi connectivity index (χ1v) is 5.73. The minimum atomic E-state index is -0.794. The monoisotopic (exact) mass is 229 g/mol. The number of carbonyl (C=O) groups is 2. The van der Waals surface area contributed by atoms with Gasteiger partial charge in [-0.3, -0.25) is 9.59 Å². The van der Waals surface area contributed by atoms with Crippen molar-refractivity contribution in [3.05, 3.63) is 0 Å². The van der Waals surface area contributed by atoms with Gasteiger partial charge in [0.25, 0.3) is 0 Å². The second-order valence-corrected chi connectivity index (χ2v) is 4.20. The summed E-state index contributed by atoms with van der Waals surface area (Å²) in [5, 5.41) is 11.3. The maximum atomic E-state index is 11.6. The number of aliphatic carboxylic acids is 1. The molecule has 0 spiro atoms. The van der Waals surface area contributed by atoms with E-state index >= 15 is 0 Å². The number of nitrogens with one attached hydrogen (secondary N) is 1. The standard InChI is InChI=1S/C11H19NO4/c1-8(4-2-6-10(13)14)12-11(15)9-5-3-7-16-9/h8-9H,2-7H2,1H3,(H,12,15)(H,13,14)/t8?,9-/m0/s1. The molecule has 1 rings (SSSR count). The zero-order chi connectivity index (χ0) is 12.0. The summed E-state index contributed by atoms with van der Waals surface area (Å²) in [4.78, 5) is 21.9. The van der Waals surface area contributed by atoms with Crippen LogP contribution in [0.25, 0.3) is 0 Å². The molecule has 0 aliphatic carbocycles. The van der Waals surface area contributed by atoms with Crippen LogP contribution in [-0.2, 0) is 14.3 Å². The molecule has 92 valence electrons. The normalized spacial score (nSPS) is 21.7. The Morgan fingerprint density at radius 2 is 2.31 bits per heavy atom. The summed E-state index contributed by atoms with van der Waals surface area (Å²) in [6.45, 7) is 2.54. The van der Waals surface area contributed by atoms with Crippen LogP contribution in [-0.4, -0.2) is 35.7 Å². The second-order valence-electron chi connectivity index (χ2n) is 4.20. The van der Waals surface area contributed by atoms with E-state index in [1.54, 1.807) is 0 Å². The fourth-order valence-corrected chi connectivity index (χ4v) is 1.75. The van der Waals surface area contributed by atoms with Crippen LogP contribution in [0.2, 0.25) is 0 Å². The molecule has 1 fully saturated rings. The predicted octanol–water partition coefficient (Wildman–Crippen LogP) is 0.925. The third kappa shape index (κ3) is 4.61. The molecule has 2 N–H and O–H groups in total. The van der Waals surface area contributed by atoms with Crippen molar-refractivity contribution in [3.8, 4) is 0 Å². The predicted molar refractivity (Wildman–Crippen MR) is 58.1 cm³/mol. The van der Waals surface area contributed by atoms with Crippen LogP contribution < -0.4 is 5.32 Å². The molecule has 0 saturated carbocycles. The summed E-state index contributed by atoms with van der Waals surface area (Å²) in [7, 11) is 0. The molecule has 1 saturated heterocycles. The molecule has 0 aromatic heterocycles. The Balaban J connectivity index is 2.14. The molecule has 1 aliphatic rings. The molecule has 0 radical (unpaired) electrons. The van der Waals surface area contributed by atoms with Crippen molar-refractivity contribution in [1.29, 1.82) is 0 Å². The summed E-state index contributed by atoms with van der Waals surface area (Å²) < 4.78 is 5.25. The fourth-order valence-electron chi connectivity index (χ4n) is 1.75. The van der Waals surface area contributed by atoms with Gasteiger partial charge in [0, 0.05) is 19.1 Å². The highest BCUT2D eigenvalue weighted by Gasteiger charge is 2.24. The summed E-state index contributed by atoms with van der Waals surface area (Å²) >= 11 is 0. The van der Waals surface area contributed by atoms with Gasteiger partial charge in [0.15, 0.2) is 0 Å². The topological polar surface area (TPSA) is 75.6 Å². The first kappa shape index (κ1) is 13.0. The van der Waals surface area contributed by atoms with Crippen LogP contribution in [0.3, 0.4) is 0 Å². The molecule has 5 heteroatoms. The highest BCUT2D eigenvalue weighted by Crippen LogP contribution is 2.12. The third-order valence-corrected chi connectivity index (χ3v) is 2.64. The van der Waals surface area contributed by atoms with E-state index in [1.165, 1.54) is 0 Å². The lowest BCUT2D eigenvalue weighted by Gasteiger charge is -2.16. The molecule has 2 atom stereocenters. The molecule has 1 amide bonds. The van der Waals surface area contributed by atoms with E-state index in [4.69, 9.17) is 9.84 Å². The highest BCUT2D eigenvalue weighted by atomic mass is 16.5. The Hall–Kier alpha value is -1.10. The van der Waals surface area contributed by atoms with Crippen LogP contribution in [0.4, 0.5) is 0 Å². The first-order chi connectivity index (χ1) is 7.59. The van der Waals surface area contributed by atoms with Gasteiger partial charge in [-0.2, -0.15) is 0 Å². The van der Waals surface area contributed by atoms with E-state index in [1.807, 2.05) is 6.92 Å². The van der Waals surface area contributed by atoms with Gasteiger partial charge in [-0.25, -0.2) is 0 Å². The van der Waals surface area contributed by atoms with Crippen molar-refractivity contribution in [1.82, 2.24) is 5.32 Å². The molecule has 1 unspecified atom stereocenters. The molecular formula is C11H19NO4. The van der Waals surface area contributed by atoms with Crippen LogP contribution in [0.15, 0.2) is 0 Å². The number of hydrogen-bond donors (Lipinski definition) is 2. The number of carboxylic acid groups (broad SMARTS) is 1. The SMILES string of the molecule is CC(CCCC(=O)O)NC(=O)[C@@H]1CCCO1. The van der Waals surface area contributed by atoms with Crippen molar-refractivity contribution >= 4 is 11.9 Å². The average molecular weight is 229 g/mol. The molecule has 0 aromatic carbocycles. The number of carboxylic acids is 1. The quantitative estimate of drug-likeness (QED) is 0.710. The molecule has 0 bridgehead atoms. The first-order valence-electron chi connectivity index (χ1n) is 5.73. The molecule has 1 heterocycles. The average Bonchev–Trinajstić information content (AvgIpc) is 2.69. The van der Waals surface area contributed by atoms with Gasteiger partial charge in [-0.15, -0.1) is 0 Å². The highest BCUT2D eigenvalue weighted by molar-refractivity contribution is 5.81. The van der Waals surface area contributed by atoms with Crippen LogP contribution in [0.5, 0.6) is 0 Å². The minimum absolute atomic E-state index is 0.0102. The fraction of sp³-hybridized carbons (Fsp3) is 0.818. The van der Waals surface area contributed by atoms with Crippen LogP contribution in [0.1, 0.15) is 39.0 Å². The number of rotatable bonds is 6. The van der Waals surface area contributed by atoms with Crippen molar-refractivity contribution in [2.24, 2.45) is 0 Å². The van der Waals surface area contributed by atoms with Crippen LogP contribution >= 0.6 is 0 Å².